The van der Waals surface area contributed by atoms with E-state index in [-0.39, 0.29) is 17.9 Å². The van der Waals surface area contributed by atoms with E-state index in [1.54, 1.807) is 0 Å². The van der Waals surface area contributed by atoms with Crippen molar-refractivity contribution in [1.82, 2.24) is 14.9 Å². The molecule has 0 bridgehead atoms. The molecule has 1 heterocycles. The fraction of sp³-hybridized carbons (Fsp3) is 0.556. The molecule has 1 amide bonds. The highest BCUT2D eigenvalue weighted by molar-refractivity contribution is 5.79. The van der Waals surface area contributed by atoms with Gasteiger partial charge in [0.05, 0.1) is 23.7 Å². The van der Waals surface area contributed by atoms with Crippen molar-refractivity contribution in [2.75, 3.05) is 0 Å². The highest BCUT2D eigenvalue weighted by atomic mass is 16.3. The van der Waals surface area contributed by atoms with Crippen molar-refractivity contribution in [3.8, 4) is 0 Å². The number of aliphatic hydroxyl groups is 1. The molecule has 2 aromatic rings. The van der Waals surface area contributed by atoms with Gasteiger partial charge in [-0.2, -0.15) is 0 Å². The fourth-order valence-corrected chi connectivity index (χ4v) is 3.61. The zero-order valence-corrected chi connectivity index (χ0v) is 13.2. The maximum Gasteiger partial charge on any atom is 0.223 e. The average Bonchev–Trinajstić information content (AvgIpc) is 3.33. The van der Waals surface area contributed by atoms with E-state index in [4.69, 9.17) is 4.98 Å². The lowest BCUT2D eigenvalue weighted by molar-refractivity contribution is -0.126. The molecule has 0 saturated heterocycles. The molecule has 1 aromatic carbocycles. The van der Waals surface area contributed by atoms with Crippen LogP contribution >= 0.6 is 0 Å². The molecule has 2 saturated carbocycles. The molecule has 0 radical (unpaired) electrons. The first kappa shape index (κ1) is 14.7. The summed E-state index contributed by atoms with van der Waals surface area (Å²) >= 11 is 0. The van der Waals surface area contributed by atoms with E-state index in [1.807, 2.05) is 18.2 Å². The van der Waals surface area contributed by atoms with E-state index in [2.05, 4.69) is 16.0 Å². The third-order valence-electron chi connectivity index (χ3n) is 5.07. The van der Waals surface area contributed by atoms with E-state index >= 15 is 0 Å². The Labute approximate surface area is 135 Å². The lowest BCUT2D eigenvalue weighted by Crippen LogP contribution is -2.34. The summed E-state index contributed by atoms with van der Waals surface area (Å²) in [7, 11) is 0. The highest BCUT2D eigenvalue weighted by Gasteiger charge is 2.29. The van der Waals surface area contributed by atoms with Gasteiger partial charge in [-0.3, -0.25) is 4.79 Å². The fourth-order valence-electron chi connectivity index (χ4n) is 3.61. The second-order valence-electron chi connectivity index (χ2n) is 6.84. The number of rotatable bonds is 4. The van der Waals surface area contributed by atoms with E-state index in [9.17, 15) is 9.90 Å². The molecule has 5 nitrogen and oxygen atoms in total. The number of fused-ring (bicyclic) bond motifs is 1. The number of aliphatic hydroxyl groups excluding tert-OH is 1. The number of hydrogen-bond acceptors (Lipinski definition) is 3. The molecule has 2 N–H and O–H groups in total. The molecule has 1 aromatic heterocycles. The van der Waals surface area contributed by atoms with Crippen LogP contribution in [0.2, 0.25) is 0 Å². The molecule has 0 aliphatic heterocycles. The van der Waals surface area contributed by atoms with Gasteiger partial charge in [-0.1, -0.05) is 12.1 Å². The first-order valence-electron chi connectivity index (χ1n) is 8.64. The van der Waals surface area contributed by atoms with E-state index < -0.39 is 0 Å². The largest absolute Gasteiger partial charge is 0.393 e. The van der Waals surface area contributed by atoms with Crippen molar-refractivity contribution in [2.45, 2.75) is 57.2 Å². The molecule has 0 unspecified atom stereocenters. The molecule has 2 aliphatic carbocycles. The Hall–Kier alpha value is -1.88. The van der Waals surface area contributed by atoms with Gasteiger partial charge in [0.15, 0.2) is 0 Å². The van der Waals surface area contributed by atoms with Gasteiger partial charge >= 0.3 is 0 Å². The smallest absolute Gasteiger partial charge is 0.223 e. The van der Waals surface area contributed by atoms with Crippen LogP contribution in [-0.4, -0.2) is 26.7 Å². The van der Waals surface area contributed by atoms with Gasteiger partial charge in [0.25, 0.3) is 0 Å². The van der Waals surface area contributed by atoms with Crippen LogP contribution in [-0.2, 0) is 11.3 Å². The quantitative estimate of drug-likeness (QED) is 0.911. The minimum Gasteiger partial charge on any atom is -0.393 e. The number of carbonyl (C=O) groups is 1. The van der Waals surface area contributed by atoms with Crippen molar-refractivity contribution in [1.29, 1.82) is 0 Å². The van der Waals surface area contributed by atoms with Crippen LogP contribution in [0.15, 0.2) is 24.3 Å². The minimum atomic E-state index is -0.224. The number of aromatic nitrogens is 2. The molecule has 5 heteroatoms. The topological polar surface area (TPSA) is 67.2 Å². The van der Waals surface area contributed by atoms with Crippen LogP contribution in [0.25, 0.3) is 11.0 Å². The summed E-state index contributed by atoms with van der Waals surface area (Å²) in [5.41, 5.74) is 2.17. The second kappa shape index (κ2) is 5.96. The molecular weight excluding hydrogens is 290 g/mol. The van der Waals surface area contributed by atoms with Gasteiger partial charge in [0, 0.05) is 12.0 Å². The molecule has 2 fully saturated rings. The van der Waals surface area contributed by atoms with E-state index in [1.165, 1.54) is 18.4 Å². The Morgan fingerprint density at radius 2 is 1.91 bits per heavy atom. The number of nitrogens with zero attached hydrogens (tertiary/aromatic N) is 2. The Balaban J connectivity index is 1.47. The third-order valence-corrected chi connectivity index (χ3v) is 5.07. The van der Waals surface area contributed by atoms with Crippen molar-refractivity contribution in [3.05, 3.63) is 30.1 Å². The summed E-state index contributed by atoms with van der Waals surface area (Å²) in [6.45, 7) is 0.489. The summed E-state index contributed by atoms with van der Waals surface area (Å²) in [4.78, 5) is 17.1. The first-order chi connectivity index (χ1) is 11.2. The molecular formula is C18H23N3O2. The van der Waals surface area contributed by atoms with Crippen LogP contribution in [0.1, 0.15) is 50.4 Å². The summed E-state index contributed by atoms with van der Waals surface area (Å²) in [5, 5.41) is 12.6. The lowest BCUT2D eigenvalue weighted by atomic mass is 9.87. The zero-order valence-electron chi connectivity index (χ0n) is 13.2. The standard InChI is InChI=1S/C18H23N3O2/c22-14-9-5-12(6-10-14)18(23)19-11-17-20-15-3-1-2-4-16(15)21(17)13-7-8-13/h1-4,12-14,22H,5-11H2,(H,19,23). The molecule has 23 heavy (non-hydrogen) atoms. The number of para-hydroxylation sites is 2. The molecule has 0 spiro atoms. The number of nitrogens with one attached hydrogen (secondary N) is 1. The van der Waals surface area contributed by atoms with Crippen LogP contribution in [0, 0.1) is 5.92 Å². The van der Waals surface area contributed by atoms with E-state index in [0.717, 1.165) is 37.0 Å². The van der Waals surface area contributed by atoms with Crippen LogP contribution < -0.4 is 5.32 Å². The Morgan fingerprint density at radius 1 is 1.17 bits per heavy atom. The van der Waals surface area contributed by atoms with Gasteiger partial charge in [-0.05, 0) is 50.7 Å². The van der Waals surface area contributed by atoms with Crippen LogP contribution in [0.4, 0.5) is 0 Å². The van der Waals surface area contributed by atoms with Gasteiger partial charge < -0.3 is 15.0 Å². The third kappa shape index (κ3) is 2.98. The monoisotopic (exact) mass is 313 g/mol. The van der Waals surface area contributed by atoms with Crippen molar-refractivity contribution < 1.29 is 9.90 Å². The van der Waals surface area contributed by atoms with Crippen molar-refractivity contribution in [3.63, 3.8) is 0 Å². The van der Waals surface area contributed by atoms with E-state index in [0.29, 0.717) is 12.6 Å². The first-order valence-corrected chi connectivity index (χ1v) is 8.64. The van der Waals surface area contributed by atoms with Gasteiger partial charge in [0.2, 0.25) is 5.91 Å². The average molecular weight is 313 g/mol. The SMILES string of the molecule is O=C(NCc1nc2ccccc2n1C1CC1)C1CCC(O)CC1. The predicted octanol–water partition coefficient (Wildman–Crippen LogP) is 2.54. The molecule has 0 atom stereocenters. The highest BCUT2D eigenvalue weighted by Crippen LogP contribution is 2.38. The van der Waals surface area contributed by atoms with Gasteiger partial charge in [0.1, 0.15) is 5.82 Å². The number of imidazole rings is 1. The van der Waals surface area contributed by atoms with Crippen LogP contribution in [0.5, 0.6) is 0 Å². The minimum absolute atomic E-state index is 0.0390. The molecule has 122 valence electrons. The van der Waals surface area contributed by atoms with Crippen LogP contribution in [0.3, 0.4) is 0 Å². The van der Waals surface area contributed by atoms with Gasteiger partial charge in [-0.25, -0.2) is 4.98 Å². The maximum atomic E-state index is 12.4. The Morgan fingerprint density at radius 3 is 2.65 bits per heavy atom. The van der Waals surface area contributed by atoms with Gasteiger partial charge in [-0.15, -0.1) is 0 Å². The molecule has 4 rings (SSSR count). The maximum absolute atomic E-state index is 12.4. The summed E-state index contributed by atoms with van der Waals surface area (Å²) < 4.78 is 2.29. The van der Waals surface area contributed by atoms with Crippen molar-refractivity contribution in [2.24, 2.45) is 5.92 Å². The lowest BCUT2D eigenvalue weighted by Gasteiger charge is -2.24. The second-order valence-corrected chi connectivity index (χ2v) is 6.84. The number of amides is 1. The zero-order chi connectivity index (χ0) is 15.8. The Bertz CT molecular complexity index is 712. The number of hydrogen-bond donors (Lipinski definition) is 2. The number of benzene rings is 1. The molecule has 2 aliphatic rings. The summed E-state index contributed by atoms with van der Waals surface area (Å²) in [5.74, 6) is 1.10. The predicted molar refractivity (Wildman–Crippen MR) is 87.8 cm³/mol. The summed E-state index contributed by atoms with van der Waals surface area (Å²) in [6, 6.07) is 8.72. The normalized spacial score (nSPS) is 24.7. The summed E-state index contributed by atoms with van der Waals surface area (Å²) in [6.07, 6.45) is 5.21. The van der Waals surface area contributed by atoms with Crippen molar-refractivity contribution >= 4 is 16.9 Å². The number of carbonyl (C=O) groups excluding carboxylic acids is 1. The Kier molecular flexibility index (Phi) is 3.81.